The smallest absolute Gasteiger partial charge is 0.268 e. The minimum atomic E-state index is -0.258. The Hall–Kier alpha value is -2.18. The fourth-order valence-electron chi connectivity index (χ4n) is 1.69. The first-order chi connectivity index (χ1) is 10.7. The zero-order chi connectivity index (χ0) is 15.8. The van der Waals surface area contributed by atoms with Crippen LogP contribution in [0.25, 0.3) is 0 Å². The summed E-state index contributed by atoms with van der Waals surface area (Å²) in [6.07, 6.45) is 3.89. The molecule has 0 radical (unpaired) electrons. The quantitative estimate of drug-likeness (QED) is 0.539. The summed E-state index contributed by atoms with van der Waals surface area (Å²) in [4.78, 5) is 20.0. The van der Waals surface area contributed by atoms with E-state index in [2.05, 4.69) is 26.1 Å². The molecule has 0 spiro atoms. The van der Waals surface area contributed by atoms with E-state index in [9.17, 15) is 4.79 Å². The molecule has 0 atom stereocenters. The molecule has 2 aromatic rings. The van der Waals surface area contributed by atoms with Crippen LogP contribution in [0.5, 0.6) is 0 Å². The van der Waals surface area contributed by atoms with Gasteiger partial charge in [-0.1, -0.05) is 36.7 Å². The predicted octanol–water partition coefficient (Wildman–Crippen LogP) is 2.39. The van der Waals surface area contributed by atoms with E-state index in [1.54, 1.807) is 0 Å². The summed E-state index contributed by atoms with van der Waals surface area (Å²) in [5.41, 5.74) is 6.75. The van der Waals surface area contributed by atoms with E-state index < -0.39 is 0 Å². The Labute approximate surface area is 134 Å². The summed E-state index contributed by atoms with van der Waals surface area (Å²) in [7, 11) is 0. The summed E-state index contributed by atoms with van der Waals surface area (Å²) < 4.78 is 0. The van der Waals surface area contributed by atoms with Crippen LogP contribution in [0.15, 0.2) is 36.7 Å². The van der Waals surface area contributed by atoms with Crippen LogP contribution < -0.4 is 16.2 Å². The Kier molecular flexibility index (Phi) is 6.12. The molecular formula is C15H18ClN5O. The van der Waals surface area contributed by atoms with E-state index in [0.717, 1.165) is 12.0 Å². The second-order valence-corrected chi connectivity index (χ2v) is 5.03. The number of amides is 1. The zero-order valence-corrected chi connectivity index (χ0v) is 13.0. The second-order valence-electron chi connectivity index (χ2n) is 4.62. The third-order valence-electron chi connectivity index (χ3n) is 2.89. The molecule has 1 amide bonds. The van der Waals surface area contributed by atoms with Gasteiger partial charge in [-0.05, 0) is 18.1 Å². The number of anilines is 1. The van der Waals surface area contributed by atoms with Crippen LogP contribution in [0.3, 0.4) is 0 Å². The fourth-order valence-corrected chi connectivity index (χ4v) is 1.90. The van der Waals surface area contributed by atoms with Crippen LogP contribution in [0.2, 0.25) is 5.02 Å². The molecule has 0 aliphatic heterocycles. The SMILES string of the molecule is CCCNNC(=O)c1cnc(NCc2ccccc2Cl)nc1. The highest BCUT2D eigenvalue weighted by Crippen LogP contribution is 2.15. The fraction of sp³-hybridized carbons (Fsp3) is 0.267. The van der Waals surface area contributed by atoms with Crippen molar-refractivity contribution >= 4 is 23.5 Å². The molecule has 0 saturated heterocycles. The number of rotatable bonds is 7. The summed E-state index contributed by atoms with van der Waals surface area (Å²) in [5.74, 6) is 0.184. The lowest BCUT2D eigenvalue weighted by Gasteiger charge is -2.08. The molecule has 1 heterocycles. The van der Waals surface area contributed by atoms with Crippen molar-refractivity contribution < 1.29 is 4.79 Å². The Morgan fingerprint density at radius 3 is 2.64 bits per heavy atom. The van der Waals surface area contributed by atoms with E-state index in [0.29, 0.717) is 29.6 Å². The first-order valence-corrected chi connectivity index (χ1v) is 7.41. The summed E-state index contributed by atoms with van der Waals surface area (Å²) >= 11 is 6.08. The summed E-state index contributed by atoms with van der Waals surface area (Å²) in [6, 6.07) is 7.55. The normalized spacial score (nSPS) is 10.3. The Bertz CT molecular complexity index is 618. The van der Waals surface area contributed by atoms with E-state index in [1.165, 1.54) is 12.4 Å². The van der Waals surface area contributed by atoms with Gasteiger partial charge in [0.2, 0.25) is 5.95 Å². The topological polar surface area (TPSA) is 78.9 Å². The van der Waals surface area contributed by atoms with Crippen LogP contribution in [0, 0.1) is 0 Å². The maximum atomic E-state index is 11.8. The minimum absolute atomic E-state index is 0.258. The van der Waals surface area contributed by atoms with Crippen molar-refractivity contribution in [2.24, 2.45) is 0 Å². The number of halogens is 1. The molecule has 3 N–H and O–H groups in total. The van der Waals surface area contributed by atoms with Crippen molar-refractivity contribution in [3.63, 3.8) is 0 Å². The predicted molar refractivity (Wildman–Crippen MR) is 86.6 cm³/mol. The number of benzene rings is 1. The molecule has 0 saturated carbocycles. The van der Waals surface area contributed by atoms with E-state index in [-0.39, 0.29) is 5.91 Å². The molecule has 22 heavy (non-hydrogen) atoms. The molecule has 116 valence electrons. The van der Waals surface area contributed by atoms with Crippen molar-refractivity contribution in [1.29, 1.82) is 0 Å². The monoisotopic (exact) mass is 319 g/mol. The van der Waals surface area contributed by atoms with Crippen LogP contribution in [0.1, 0.15) is 29.3 Å². The van der Waals surface area contributed by atoms with Gasteiger partial charge in [0.25, 0.3) is 5.91 Å². The number of hydrogen-bond donors (Lipinski definition) is 3. The second kappa shape index (κ2) is 8.31. The Morgan fingerprint density at radius 1 is 1.23 bits per heavy atom. The molecule has 1 aromatic heterocycles. The number of hydrogen-bond acceptors (Lipinski definition) is 5. The van der Waals surface area contributed by atoms with Crippen molar-refractivity contribution in [2.45, 2.75) is 19.9 Å². The van der Waals surface area contributed by atoms with Gasteiger partial charge in [0.05, 0.1) is 5.56 Å². The van der Waals surface area contributed by atoms with Crippen LogP contribution in [-0.2, 0) is 6.54 Å². The van der Waals surface area contributed by atoms with Gasteiger partial charge in [0.15, 0.2) is 0 Å². The minimum Gasteiger partial charge on any atom is -0.350 e. The van der Waals surface area contributed by atoms with Crippen molar-refractivity contribution in [3.8, 4) is 0 Å². The van der Waals surface area contributed by atoms with Crippen LogP contribution in [0.4, 0.5) is 5.95 Å². The third kappa shape index (κ3) is 4.68. The lowest BCUT2D eigenvalue weighted by molar-refractivity contribution is 0.0932. The maximum Gasteiger partial charge on any atom is 0.268 e. The van der Waals surface area contributed by atoms with Gasteiger partial charge in [-0.15, -0.1) is 0 Å². The van der Waals surface area contributed by atoms with E-state index >= 15 is 0 Å². The highest BCUT2D eigenvalue weighted by Gasteiger charge is 2.06. The Morgan fingerprint density at radius 2 is 1.95 bits per heavy atom. The third-order valence-corrected chi connectivity index (χ3v) is 3.25. The molecule has 1 aromatic carbocycles. The molecule has 6 nitrogen and oxygen atoms in total. The van der Waals surface area contributed by atoms with Gasteiger partial charge in [-0.3, -0.25) is 10.2 Å². The number of hydrazine groups is 1. The van der Waals surface area contributed by atoms with Crippen LogP contribution in [-0.4, -0.2) is 22.4 Å². The van der Waals surface area contributed by atoms with E-state index in [1.807, 2.05) is 31.2 Å². The van der Waals surface area contributed by atoms with Gasteiger partial charge >= 0.3 is 0 Å². The molecule has 0 unspecified atom stereocenters. The van der Waals surface area contributed by atoms with Gasteiger partial charge in [-0.2, -0.15) is 0 Å². The van der Waals surface area contributed by atoms with E-state index in [4.69, 9.17) is 11.6 Å². The average Bonchev–Trinajstić information content (AvgIpc) is 2.55. The molecule has 0 bridgehead atoms. The molecule has 0 fully saturated rings. The lowest BCUT2D eigenvalue weighted by Crippen LogP contribution is -2.37. The molecular weight excluding hydrogens is 302 g/mol. The molecule has 7 heteroatoms. The number of nitrogens with zero attached hydrogens (tertiary/aromatic N) is 2. The average molecular weight is 320 g/mol. The first kappa shape index (κ1) is 16.2. The standard InChI is InChI=1S/C15H18ClN5O/c1-2-7-20-21-14(22)12-9-18-15(19-10-12)17-8-11-5-3-4-6-13(11)16/h3-6,9-10,20H,2,7-8H2,1H3,(H,21,22)(H,17,18,19). The van der Waals surface area contributed by atoms with Gasteiger partial charge < -0.3 is 5.32 Å². The number of aromatic nitrogens is 2. The molecule has 2 rings (SSSR count). The highest BCUT2D eigenvalue weighted by atomic mass is 35.5. The number of carbonyl (C=O) groups excluding carboxylic acids is 1. The van der Waals surface area contributed by atoms with Gasteiger partial charge in [0, 0.05) is 30.5 Å². The number of carbonyl (C=O) groups is 1. The largest absolute Gasteiger partial charge is 0.350 e. The summed E-state index contributed by atoms with van der Waals surface area (Å²) in [5, 5.41) is 3.75. The maximum absolute atomic E-state index is 11.8. The van der Waals surface area contributed by atoms with Crippen molar-refractivity contribution in [1.82, 2.24) is 20.8 Å². The van der Waals surface area contributed by atoms with Gasteiger partial charge in [-0.25, -0.2) is 15.4 Å². The first-order valence-electron chi connectivity index (χ1n) is 7.03. The summed E-state index contributed by atoms with van der Waals surface area (Å²) in [6.45, 7) is 3.25. The molecule has 0 aliphatic rings. The Balaban J connectivity index is 1.89. The number of nitrogens with one attached hydrogen (secondary N) is 3. The zero-order valence-electron chi connectivity index (χ0n) is 12.3. The van der Waals surface area contributed by atoms with Crippen molar-refractivity contribution in [2.75, 3.05) is 11.9 Å². The molecule has 0 aliphatic carbocycles. The van der Waals surface area contributed by atoms with Gasteiger partial charge in [0.1, 0.15) is 0 Å². The highest BCUT2D eigenvalue weighted by molar-refractivity contribution is 6.31. The lowest BCUT2D eigenvalue weighted by atomic mass is 10.2. The van der Waals surface area contributed by atoms with Crippen molar-refractivity contribution in [3.05, 3.63) is 52.8 Å². The van der Waals surface area contributed by atoms with Crippen LogP contribution >= 0.6 is 11.6 Å².